The molecule has 0 aromatic carbocycles. The first kappa shape index (κ1) is 10.8. The van der Waals surface area contributed by atoms with E-state index < -0.39 is 31.0 Å². The van der Waals surface area contributed by atoms with E-state index in [1.807, 2.05) is 0 Å². The van der Waals surface area contributed by atoms with Crippen LogP contribution < -0.4 is 0 Å². The van der Waals surface area contributed by atoms with Crippen molar-refractivity contribution in [2.45, 2.75) is 24.4 Å². The number of aliphatic hydroxyl groups excluding tert-OH is 4. The van der Waals surface area contributed by atoms with Crippen LogP contribution in [0.4, 0.5) is 0 Å². The lowest BCUT2D eigenvalue weighted by molar-refractivity contribution is -0.259. The van der Waals surface area contributed by atoms with Gasteiger partial charge in [0.25, 0.3) is 0 Å². The lowest BCUT2D eigenvalue weighted by Crippen LogP contribution is -2.53. The molecule has 13 heavy (non-hydrogen) atoms. The van der Waals surface area contributed by atoms with Crippen molar-refractivity contribution in [1.29, 1.82) is 0 Å². The van der Waals surface area contributed by atoms with E-state index in [4.69, 9.17) is 19.7 Å². The summed E-state index contributed by atoms with van der Waals surface area (Å²) in [5.41, 5.74) is 0. The number of ether oxygens (including phenoxy) is 2. The van der Waals surface area contributed by atoms with E-state index in [-0.39, 0.29) is 13.4 Å². The average Bonchev–Trinajstić information content (AvgIpc) is 2.17. The molecule has 0 aromatic rings. The third-order valence-corrected chi connectivity index (χ3v) is 2.01. The first-order valence-electron chi connectivity index (χ1n) is 4.01. The van der Waals surface area contributed by atoms with Crippen molar-refractivity contribution in [2.75, 3.05) is 20.0 Å². The predicted octanol–water partition coefficient (Wildman–Crippen LogP) is -2.57. The van der Waals surface area contributed by atoms with Crippen molar-refractivity contribution in [1.82, 2.24) is 0 Å². The van der Waals surface area contributed by atoms with Crippen LogP contribution in [0.25, 0.3) is 0 Å². The SMILES string of the molecule is OC[C@@H](O)[C@@H]1OCO[C@H](CO)[C@@H]1O. The Hall–Kier alpha value is -0.240. The quantitative estimate of drug-likeness (QED) is 0.394. The minimum Gasteiger partial charge on any atom is -0.394 e. The van der Waals surface area contributed by atoms with Crippen molar-refractivity contribution in [3.63, 3.8) is 0 Å². The van der Waals surface area contributed by atoms with Gasteiger partial charge in [0.2, 0.25) is 0 Å². The molecule has 0 aromatic heterocycles. The third-order valence-electron chi connectivity index (χ3n) is 2.01. The van der Waals surface area contributed by atoms with E-state index >= 15 is 0 Å². The zero-order valence-corrected chi connectivity index (χ0v) is 7.04. The predicted molar refractivity (Wildman–Crippen MR) is 40.8 cm³/mol. The zero-order valence-electron chi connectivity index (χ0n) is 7.04. The lowest BCUT2D eigenvalue weighted by Gasteiger charge is -2.35. The van der Waals surface area contributed by atoms with Gasteiger partial charge >= 0.3 is 0 Å². The second-order valence-electron chi connectivity index (χ2n) is 2.88. The van der Waals surface area contributed by atoms with Gasteiger partial charge in [0.1, 0.15) is 31.2 Å². The van der Waals surface area contributed by atoms with Gasteiger partial charge in [0, 0.05) is 0 Å². The highest BCUT2D eigenvalue weighted by Gasteiger charge is 2.37. The van der Waals surface area contributed by atoms with Crippen molar-refractivity contribution < 1.29 is 29.9 Å². The van der Waals surface area contributed by atoms with Crippen LogP contribution >= 0.6 is 0 Å². The molecule has 4 atom stereocenters. The normalized spacial score (nSPS) is 37.4. The number of hydrogen-bond donors (Lipinski definition) is 4. The molecule has 0 amide bonds. The molecule has 6 nitrogen and oxygen atoms in total. The highest BCUT2D eigenvalue weighted by molar-refractivity contribution is 4.84. The van der Waals surface area contributed by atoms with Crippen LogP contribution in [0.5, 0.6) is 0 Å². The van der Waals surface area contributed by atoms with Gasteiger partial charge in [-0.3, -0.25) is 0 Å². The summed E-state index contributed by atoms with van der Waals surface area (Å²) in [6.45, 7) is -0.955. The smallest absolute Gasteiger partial charge is 0.147 e. The largest absolute Gasteiger partial charge is 0.394 e. The maximum atomic E-state index is 9.45. The molecule has 1 aliphatic rings. The molecule has 0 saturated carbocycles. The van der Waals surface area contributed by atoms with Gasteiger partial charge in [-0.05, 0) is 0 Å². The van der Waals surface area contributed by atoms with Gasteiger partial charge < -0.3 is 29.9 Å². The Morgan fingerprint density at radius 3 is 2.54 bits per heavy atom. The minimum absolute atomic E-state index is 0.107. The summed E-state index contributed by atoms with van der Waals surface area (Å²) in [4.78, 5) is 0. The Balaban J connectivity index is 2.54. The zero-order chi connectivity index (χ0) is 9.84. The maximum absolute atomic E-state index is 9.45. The molecular weight excluding hydrogens is 180 g/mol. The van der Waals surface area contributed by atoms with E-state index in [0.29, 0.717) is 0 Å². The monoisotopic (exact) mass is 194 g/mol. The van der Waals surface area contributed by atoms with Crippen LogP contribution in [0, 0.1) is 0 Å². The Kier molecular flexibility index (Phi) is 4.04. The van der Waals surface area contributed by atoms with Crippen molar-refractivity contribution in [3.8, 4) is 0 Å². The van der Waals surface area contributed by atoms with Crippen LogP contribution in [-0.2, 0) is 9.47 Å². The standard InChI is InChI=1S/C7H14O6/c8-1-4(10)7-6(11)5(2-9)12-3-13-7/h4-11H,1-3H2/t4-,5-,6+,7+/m1/s1. The molecule has 1 rings (SSSR count). The number of rotatable bonds is 3. The summed E-state index contributed by atoms with van der Waals surface area (Å²) in [5.74, 6) is 0. The number of aliphatic hydroxyl groups is 4. The van der Waals surface area contributed by atoms with Gasteiger partial charge in [-0.1, -0.05) is 0 Å². The summed E-state index contributed by atoms with van der Waals surface area (Å²) in [5, 5.41) is 36.0. The fraction of sp³-hybridized carbons (Fsp3) is 1.00. The van der Waals surface area contributed by atoms with Crippen LogP contribution in [0.1, 0.15) is 0 Å². The van der Waals surface area contributed by atoms with Gasteiger partial charge in [0.15, 0.2) is 0 Å². The second-order valence-corrected chi connectivity index (χ2v) is 2.88. The summed E-state index contributed by atoms with van der Waals surface area (Å²) < 4.78 is 9.73. The Labute approximate surface area is 75.3 Å². The van der Waals surface area contributed by atoms with E-state index in [9.17, 15) is 10.2 Å². The lowest BCUT2D eigenvalue weighted by atomic mass is 10.0. The Bertz CT molecular complexity index is 152. The topological polar surface area (TPSA) is 99.4 Å². The molecule has 6 heteroatoms. The van der Waals surface area contributed by atoms with Gasteiger partial charge in [0.05, 0.1) is 13.2 Å². The molecule has 78 valence electrons. The van der Waals surface area contributed by atoms with Crippen LogP contribution in [0.2, 0.25) is 0 Å². The first-order valence-corrected chi connectivity index (χ1v) is 4.01. The summed E-state index contributed by atoms with van der Waals surface area (Å²) in [7, 11) is 0. The average molecular weight is 194 g/mol. The molecule has 1 aliphatic heterocycles. The molecule has 4 N–H and O–H groups in total. The van der Waals surface area contributed by atoms with Crippen molar-refractivity contribution >= 4 is 0 Å². The van der Waals surface area contributed by atoms with Crippen molar-refractivity contribution in [2.24, 2.45) is 0 Å². The number of hydrogen-bond acceptors (Lipinski definition) is 6. The van der Waals surface area contributed by atoms with E-state index in [0.717, 1.165) is 0 Å². The van der Waals surface area contributed by atoms with E-state index in [2.05, 4.69) is 0 Å². The van der Waals surface area contributed by atoms with Crippen LogP contribution in [0.15, 0.2) is 0 Å². The van der Waals surface area contributed by atoms with Crippen molar-refractivity contribution in [3.05, 3.63) is 0 Å². The molecule has 0 radical (unpaired) electrons. The summed E-state index contributed by atoms with van der Waals surface area (Å²) >= 11 is 0. The van der Waals surface area contributed by atoms with Gasteiger partial charge in [-0.25, -0.2) is 0 Å². The maximum Gasteiger partial charge on any atom is 0.147 e. The highest BCUT2D eigenvalue weighted by atomic mass is 16.7. The first-order chi connectivity index (χ1) is 6.20. The fourth-order valence-electron chi connectivity index (χ4n) is 1.22. The Morgan fingerprint density at radius 2 is 2.00 bits per heavy atom. The molecule has 1 saturated heterocycles. The molecule has 0 spiro atoms. The van der Waals surface area contributed by atoms with E-state index in [1.165, 1.54) is 0 Å². The minimum atomic E-state index is -1.16. The fourth-order valence-corrected chi connectivity index (χ4v) is 1.22. The molecule has 0 unspecified atom stereocenters. The molecule has 1 heterocycles. The van der Waals surface area contributed by atoms with Gasteiger partial charge in [-0.2, -0.15) is 0 Å². The molecule has 0 bridgehead atoms. The molecule has 0 aliphatic carbocycles. The highest BCUT2D eigenvalue weighted by Crippen LogP contribution is 2.16. The Morgan fingerprint density at radius 1 is 1.31 bits per heavy atom. The summed E-state index contributed by atoms with van der Waals surface area (Å²) in [6.07, 6.45) is -3.95. The van der Waals surface area contributed by atoms with E-state index in [1.54, 1.807) is 0 Å². The van der Waals surface area contributed by atoms with Gasteiger partial charge in [-0.15, -0.1) is 0 Å². The molecular formula is C7H14O6. The molecule has 1 fully saturated rings. The second kappa shape index (κ2) is 4.85. The van der Waals surface area contributed by atoms with Crippen LogP contribution in [0.3, 0.4) is 0 Å². The summed E-state index contributed by atoms with van der Waals surface area (Å²) in [6, 6.07) is 0. The van der Waals surface area contributed by atoms with Crippen LogP contribution in [-0.4, -0.2) is 64.8 Å². The third kappa shape index (κ3) is 2.37.